The van der Waals surface area contributed by atoms with Crippen LogP contribution in [0, 0.1) is 11.3 Å². The maximum atomic E-state index is 12.1. The summed E-state index contributed by atoms with van der Waals surface area (Å²) in [6.45, 7) is 5.02. The second-order valence-corrected chi connectivity index (χ2v) is 4.90. The van der Waals surface area contributed by atoms with Crippen molar-refractivity contribution in [1.29, 1.82) is 0 Å². The highest BCUT2D eigenvalue weighted by atomic mass is 16.2. The lowest BCUT2D eigenvalue weighted by Crippen LogP contribution is -2.48. The summed E-state index contributed by atoms with van der Waals surface area (Å²) in [5.74, 6) is 0.687. The fourth-order valence-corrected chi connectivity index (χ4v) is 2.04. The van der Waals surface area contributed by atoms with Gasteiger partial charge in [0, 0.05) is 19.1 Å². The van der Waals surface area contributed by atoms with E-state index in [9.17, 15) is 4.79 Å². The van der Waals surface area contributed by atoms with Gasteiger partial charge in [-0.1, -0.05) is 13.8 Å². The zero-order valence-electron chi connectivity index (χ0n) is 10.5. The molecule has 1 unspecified atom stereocenters. The molecular weight excluding hydrogens is 202 g/mol. The first kappa shape index (κ1) is 13.5. The fraction of sp³-hybridized carbons (Fsp3) is 0.917. The van der Waals surface area contributed by atoms with Gasteiger partial charge < -0.3 is 16.8 Å². The lowest BCUT2D eigenvalue weighted by Gasteiger charge is -2.29. The summed E-state index contributed by atoms with van der Waals surface area (Å²) in [5, 5.41) is 2.95. The third-order valence-electron chi connectivity index (χ3n) is 3.95. The van der Waals surface area contributed by atoms with Gasteiger partial charge in [-0.15, -0.1) is 0 Å². The van der Waals surface area contributed by atoms with Crippen LogP contribution in [0.1, 0.15) is 39.5 Å². The van der Waals surface area contributed by atoms with Crippen LogP contribution in [0.2, 0.25) is 0 Å². The molecule has 4 heteroatoms. The van der Waals surface area contributed by atoms with Crippen LogP contribution in [0.15, 0.2) is 0 Å². The van der Waals surface area contributed by atoms with E-state index in [1.54, 1.807) is 0 Å². The Kier molecular flexibility index (Phi) is 4.74. The Morgan fingerprint density at radius 3 is 2.38 bits per heavy atom. The fourth-order valence-electron chi connectivity index (χ4n) is 2.04. The van der Waals surface area contributed by atoms with Crippen molar-refractivity contribution in [3.8, 4) is 0 Å². The van der Waals surface area contributed by atoms with Gasteiger partial charge >= 0.3 is 0 Å². The van der Waals surface area contributed by atoms with Crippen molar-refractivity contribution in [2.45, 2.75) is 45.6 Å². The molecule has 1 saturated carbocycles. The maximum absolute atomic E-state index is 12.1. The number of rotatable bonds is 7. The molecule has 0 aromatic rings. The van der Waals surface area contributed by atoms with Crippen LogP contribution in [-0.2, 0) is 4.79 Å². The molecule has 0 radical (unpaired) electrons. The van der Waals surface area contributed by atoms with E-state index in [4.69, 9.17) is 11.5 Å². The molecule has 0 bridgehead atoms. The van der Waals surface area contributed by atoms with Crippen molar-refractivity contribution >= 4 is 5.91 Å². The van der Waals surface area contributed by atoms with Gasteiger partial charge in [0.1, 0.15) is 0 Å². The minimum Gasteiger partial charge on any atom is -0.354 e. The van der Waals surface area contributed by atoms with Gasteiger partial charge in [-0.25, -0.2) is 0 Å². The van der Waals surface area contributed by atoms with Gasteiger partial charge in [-0.2, -0.15) is 0 Å². The Labute approximate surface area is 98.1 Å². The first-order valence-electron chi connectivity index (χ1n) is 6.33. The van der Waals surface area contributed by atoms with Gasteiger partial charge in [0.05, 0.1) is 5.41 Å². The summed E-state index contributed by atoms with van der Waals surface area (Å²) >= 11 is 0. The molecule has 4 nitrogen and oxygen atoms in total. The van der Waals surface area contributed by atoms with Crippen LogP contribution in [0.3, 0.4) is 0 Å². The van der Waals surface area contributed by atoms with E-state index >= 15 is 0 Å². The Hall–Kier alpha value is -0.610. The molecule has 1 aliphatic carbocycles. The highest BCUT2D eigenvalue weighted by Gasteiger charge is 2.34. The molecule has 1 amide bonds. The number of carbonyl (C=O) groups excluding carboxylic acids is 1. The summed E-state index contributed by atoms with van der Waals surface area (Å²) in [6, 6.07) is 0.119. The van der Waals surface area contributed by atoms with Crippen molar-refractivity contribution < 1.29 is 4.79 Å². The average Bonchev–Trinajstić information content (AvgIpc) is 3.13. The minimum atomic E-state index is -0.400. The quantitative estimate of drug-likeness (QED) is 0.596. The Bertz CT molecular complexity index is 226. The standard InChI is InChI=1S/C12H25N3O/c1-3-12(4-2,8-13)11(16)15-7-10(14)9-5-6-9/h9-10H,3-8,13-14H2,1-2H3,(H,15,16). The van der Waals surface area contributed by atoms with E-state index in [2.05, 4.69) is 5.32 Å². The molecule has 0 aromatic heterocycles. The van der Waals surface area contributed by atoms with Crippen molar-refractivity contribution in [2.24, 2.45) is 22.8 Å². The number of nitrogens with two attached hydrogens (primary N) is 2. The van der Waals surface area contributed by atoms with Gasteiger partial charge in [0.15, 0.2) is 0 Å². The first-order valence-corrected chi connectivity index (χ1v) is 6.33. The van der Waals surface area contributed by atoms with E-state index in [1.165, 1.54) is 12.8 Å². The van der Waals surface area contributed by atoms with Crippen LogP contribution < -0.4 is 16.8 Å². The van der Waals surface area contributed by atoms with Gasteiger partial charge in [-0.05, 0) is 31.6 Å². The summed E-state index contributed by atoms with van der Waals surface area (Å²) < 4.78 is 0. The van der Waals surface area contributed by atoms with Crippen molar-refractivity contribution in [3.05, 3.63) is 0 Å². The number of nitrogens with one attached hydrogen (secondary N) is 1. The second-order valence-electron chi connectivity index (χ2n) is 4.90. The molecule has 0 aliphatic heterocycles. The van der Waals surface area contributed by atoms with Crippen LogP contribution in [0.4, 0.5) is 0 Å². The SMILES string of the molecule is CCC(CC)(CN)C(=O)NCC(N)C1CC1. The summed E-state index contributed by atoms with van der Waals surface area (Å²) in [6.07, 6.45) is 3.98. The van der Waals surface area contributed by atoms with E-state index in [0.29, 0.717) is 19.0 Å². The molecule has 0 heterocycles. The molecule has 16 heavy (non-hydrogen) atoms. The van der Waals surface area contributed by atoms with Crippen LogP contribution >= 0.6 is 0 Å². The molecule has 0 spiro atoms. The summed E-state index contributed by atoms with van der Waals surface area (Å²) in [4.78, 5) is 12.1. The topological polar surface area (TPSA) is 81.1 Å². The molecule has 1 aliphatic rings. The van der Waals surface area contributed by atoms with Gasteiger partial charge in [-0.3, -0.25) is 4.79 Å². The molecule has 94 valence electrons. The number of carbonyl (C=O) groups is 1. The maximum Gasteiger partial charge on any atom is 0.227 e. The van der Waals surface area contributed by atoms with Crippen LogP contribution in [0.5, 0.6) is 0 Å². The Morgan fingerprint density at radius 1 is 1.44 bits per heavy atom. The van der Waals surface area contributed by atoms with Crippen molar-refractivity contribution in [1.82, 2.24) is 5.32 Å². The predicted octanol–water partition coefficient (Wildman–Crippen LogP) is 0.605. The minimum absolute atomic E-state index is 0.0658. The highest BCUT2D eigenvalue weighted by molar-refractivity contribution is 5.82. The van der Waals surface area contributed by atoms with Crippen LogP contribution in [0.25, 0.3) is 0 Å². The van der Waals surface area contributed by atoms with E-state index in [1.807, 2.05) is 13.8 Å². The van der Waals surface area contributed by atoms with Crippen LogP contribution in [-0.4, -0.2) is 25.0 Å². The Balaban J connectivity index is 2.42. The molecule has 1 atom stereocenters. The highest BCUT2D eigenvalue weighted by Crippen LogP contribution is 2.31. The van der Waals surface area contributed by atoms with Gasteiger partial charge in [0.2, 0.25) is 5.91 Å². The summed E-state index contributed by atoms with van der Waals surface area (Å²) in [5.41, 5.74) is 11.3. The van der Waals surface area contributed by atoms with E-state index in [-0.39, 0.29) is 11.9 Å². The molecule has 0 saturated heterocycles. The first-order chi connectivity index (χ1) is 7.59. The van der Waals surface area contributed by atoms with E-state index < -0.39 is 5.41 Å². The molecule has 1 fully saturated rings. The van der Waals surface area contributed by atoms with Gasteiger partial charge in [0.25, 0.3) is 0 Å². The third kappa shape index (κ3) is 2.95. The predicted molar refractivity (Wildman–Crippen MR) is 65.8 cm³/mol. The normalized spacial score (nSPS) is 18.2. The zero-order valence-corrected chi connectivity index (χ0v) is 10.5. The van der Waals surface area contributed by atoms with E-state index in [0.717, 1.165) is 12.8 Å². The largest absolute Gasteiger partial charge is 0.354 e. The monoisotopic (exact) mass is 227 g/mol. The Morgan fingerprint density at radius 2 is 2.00 bits per heavy atom. The third-order valence-corrected chi connectivity index (χ3v) is 3.95. The summed E-state index contributed by atoms with van der Waals surface area (Å²) in [7, 11) is 0. The molecule has 5 N–H and O–H groups in total. The average molecular weight is 227 g/mol. The lowest BCUT2D eigenvalue weighted by molar-refractivity contribution is -0.131. The van der Waals surface area contributed by atoms with Crippen molar-refractivity contribution in [2.75, 3.05) is 13.1 Å². The molecule has 1 rings (SSSR count). The van der Waals surface area contributed by atoms with Crippen molar-refractivity contribution in [3.63, 3.8) is 0 Å². The number of hydrogen-bond donors (Lipinski definition) is 3. The molecule has 0 aromatic carbocycles. The zero-order chi connectivity index (χ0) is 12.2. The lowest BCUT2D eigenvalue weighted by atomic mass is 9.81. The second kappa shape index (κ2) is 5.64. The number of hydrogen-bond acceptors (Lipinski definition) is 3. The molecular formula is C12H25N3O. The smallest absolute Gasteiger partial charge is 0.227 e. The number of amides is 1.